The predicted molar refractivity (Wildman–Crippen MR) is 255 cm³/mol. The summed E-state index contributed by atoms with van der Waals surface area (Å²) in [5, 5.41) is 16.3. The summed E-state index contributed by atoms with van der Waals surface area (Å²) >= 11 is 0. The zero-order valence-corrected chi connectivity index (χ0v) is 43.0. The number of hydrogen-bond donors (Lipinski definition) is 5. The lowest BCUT2D eigenvalue weighted by atomic mass is 10.1. The highest BCUT2D eigenvalue weighted by Gasteiger charge is 2.38. The van der Waals surface area contributed by atoms with Crippen molar-refractivity contribution in [2.24, 2.45) is 11.5 Å². The average Bonchev–Trinajstić information content (AvgIpc) is 3.09. The number of nitrogen functional groups attached to an aromatic ring is 1. The van der Waals surface area contributed by atoms with Crippen LogP contribution in [0.5, 0.6) is 0 Å². The van der Waals surface area contributed by atoms with Crippen LogP contribution in [0.25, 0.3) is 0 Å². The van der Waals surface area contributed by atoms with Crippen molar-refractivity contribution in [3.05, 3.63) is 68.7 Å². The van der Waals surface area contributed by atoms with Crippen LogP contribution in [0.3, 0.4) is 0 Å². The number of pyridine rings is 3. The minimum Gasteiger partial charge on any atom is -0.475 e. The molecule has 3 aromatic heterocycles. The van der Waals surface area contributed by atoms with Crippen LogP contribution in [0, 0.1) is 52.9 Å². The first-order chi connectivity index (χ1) is 30.6. The van der Waals surface area contributed by atoms with E-state index in [1.165, 1.54) is 6.07 Å². The van der Waals surface area contributed by atoms with E-state index in [1.807, 2.05) is 26.8 Å². The molecule has 0 bridgehead atoms. The Balaban J connectivity index is 0. The molecule has 0 aliphatic carbocycles. The second-order valence-electron chi connectivity index (χ2n) is 19.0. The SMILES string of the molecule is Cc1cc(N(C(=O)OC(C)(C)C)C(=O)OC(C)(C)C)nc(C)c1C#N.Cc1cc(N(C(=O)OC(C)(C)C)C(=O)OC(C)(C)C)nc(C)c1CN.Cc1cc(N)nc(C)c1CN.N.O=C(O)C(F)(F)F. The minimum absolute atomic E-state index is 0. The molecule has 0 aromatic carbocycles. The number of nitrogens with two attached hydrogens (primary N) is 3. The third-order valence-corrected chi connectivity index (χ3v) is 8.02. The van der Waals surface area contributed by atoms with Gasteiger partial charge in [0.1, 0.15) is 45.9 Å². The molecule has 386 valence electrons. The second-order valence-corrected chi connectivity index (χ2v) is 19.0. The van der Waals surface area contributed by atoms with Crippen LogP contribution in [-0.2, 0) is 36.8 Å². The lowest BCUT2D eigenvalue weighted by Gasteiger charge is -2.28. The molecule has 23 heteroatoms. The molecule has 0 saturated carbocycles. The molecule has 0 atom stereocenters. The Morgan fingerprint density at radius 3 is 1.09 bits per heavy atom. The number of imide groups is 2. The maximum atomic E-state index is 12.6. The number of aryl methyl sites for hydroxylation is 6. The van der Waals surface area contributed by atoms with Gasteiger partial charge in [-0.15, -0.1) is 0 Å². The van der Waals surface area contributed by atoms with Crippen LogP contribution in [0.15, 0.2) is 18.2 Å². The summed E-state index contributed by atoms with van der Waals surface area (Å²) in [6.45, 7) is 32.2. The van der Waals surface area contributed by atoms with E-state index in [1.54, 1.807) is 110 Å². The summed E-state index contributed by atoms with van der Waals surface area (Å²) in [7, 11) is 0. The molecule has 0 aliphatic heterocycles. The van der Waals surface area contributed by atoms with E-state index >= 15 is 0 Å². The number of aliphatic carboxylic acids is 1. The number of aromatic nitrogens is 3. The molecule has 3 heterocycles. The number of carboxylic acid groups (broad SMARTS) is 1. The Hall–Kier alpha value is -6.64. The monoisotopic (exact) mass is 981 g/mol. The second kappa shape index (κ2) is 25.6. The first-order valence-corrected chi connectivity index (χ1v) is 20.9. The van der Waals surface area contributed by atoms with E-state index in [0.29, 0.717) is 41.4 Å². The quantitative estimate of drug-likeness (QED) is 0.152. The van der Waals surface area contributed by atoms with Crippen molar-refractivity contribution in [2.75, 3.05) is 15.5 Å². The van der Waals surface area contributed by atoms with Crippen LogP contribution in [-0.4, -0.2) is 79.0 Å². The highest BCUT2D eigenvalue weighted by atomic mass is 19.4. The number of amides is 4. The van der Waals surface area contributed by atoms with Crippen molar-refractivity contribution in [1.82, 2.24) is 21.1 Å². The van der Waals surface area contributed by atoms with Crippen LogP contribution in [0.4, 0.5) is 49.8 Å². The number of carbonyl (C=O) groups is 5. The molecule has 3 aromatic rings. The Bertz CT molecular complexity index is 2200. The van der Waals surface area contributed by atoms with Crippen molar-refractivity contribution in [1.29, 1.82) is 5.26 Å². The number of anilines is 3. The fraction of sp³-hybridized carbons (Fsp3) is 0.543. The molecule has 4 amide bonds. The average molecular weight is 981 g/mol. The predicted octanol–water partition coefficient (Wildman–Crippen LogP) is 9.62. The standard InChI is InChI=1S/C18H29N3O4.C18H25N3O4.C8H13N3.C2HF3O2.H3N/c2*1-11-9-14(20-12(2)13(11)10-19)21(15(22)24-17(3,4)5)16(23)25-18(6,7)8;1-5-3-8(10)11-6(2)7(5)4-9;3-2(4,5)1(6)7;/h9H,10,19H2,1-8H3;9H,1-8H3;3H,4,9H2,1-2H3,(H2,10,11);(H,6,7);1H3. The fourth-order valence-corrected chi connectivity index (χ4v) is 5.31. The molecule has 10 N–H and O–H groups in total. The zero-order chi connectivity index (χ0) is 53.7. The van der Waals surface area contributed by atoms with Gasteiger partial charge in [0.25, 0.3) is 0 Å². The molecule has 0 saturated heterocycles. The summed E-state index contributed by atoms with van der Waals surface area (Å²) in [5.41, 5.74) is 20.6. The number of alkyl halides is 3. The van der Waals surface area contributed by atoms with E-state index < -0.39 is 58.9 Å². The van der Waals surface area contributed by atoms with Crippen molar-refractivity contribution >= 4 is 47.8 Å². The van der Waals surface area contributed by atoms with Gasteiger partial charge in [0.15, 0.2) is 0 Å². The van der Waals surface area contributed by atoms with Gasteiger partial charge in [-0.05, 0) is 171 Å². The molecule has 0 spiro atoms. The summed E-state index contributed by atoms with van der Waals surface area (Å²) in [4.78, 5) is 73.5. The van der Waals surface area contributed by atoms with Gasteiger partial charge in [-0.1, -0.05) is 0 Å². The summed E-state index contributed by atoms with van der Waals surface area (Å²) < 4.78 is 53.0. The largest absolute Gasteiger partial charge is 0.490 e. The minimum atomic E-state index is -5.08. The molecular formula is C46H71F3N10O10. The van der Waals surface area contributed by atoms with E-state index in [0.717, 1.165) is 37.7 Å². The number of carbonyl (C=O) groups excluding carboxylic acids is 4. The number of nitrogens with zero attached hydrogens (tertiary/aromatic N) is 6. The van der Waals surface area contributed by atoms with Crippen LogP contribution in [0.1, 0.15) is 134 Å². The van der Waals surface area contributed by atoms with E-state index in [-0.39, 0.29) is 17.8 Å². The first kappa shape index (κ1) is 64.4. The van der Waals surface area contributed by atoms with Gasteiger partial charge in [-0.2, -0.15) is 28.2 Å². The third kappa shape index (κ3) is 22.8. The molecule has 20 nitrogen and oxygen atoms in total. The normalized spacial score (nSPS) is 11.2. The molecular weight excluding hydrogens is 910 g/mol. The number of ether oxygens (including phenoxy) is 4. The van der Waals surface area contributed by atoms with Crippen LogP contribution in [0.2, 0.25) is 0 Å². The molecule has 69 heavy (non-hydrogen) atoms. The van der Waals surface area contributed by atoms with Gasteiger partial charge in [0.05, 0.1) is 11.3 Å². The first-order valence-electron chi connectivity index (χ1n) is 20.9. The smallest absolute Gasteiger partial charge is 0.475 e. The zero-order valence-electron chi connectivity index (χ0n) is 43.0. The number of nitriles is 1. The van der Waals surface area contributed by atoms with Gasteiger partial charge < -0.3 is 47.4 Å². The van der Waals surface area contributed by atoms with Crippen molar-refractivity contribution in [2.45, 2.75) is 166 Å². The van der Waals surface area contributed by atoms with Gasteiger partial charge in [0.2, 0.25) is 0 Å². The Morgan fingerprint density at radius 1 is 0.580 bits per heavy atom. The van der Waals surface area contributed by atoms with Gasteiger partial charge in [0, 0.05) is 24.5 Å². The molecule has 0 aliphatic rings. The van der Waals surface area contributed by atoms with Crippen molar-refractivity contribution in [3.8, 4) is 6.07 Å². The maximum absolute atomic E-state index is 12.6. The van der Waals surface area contributed by atoms with E-state index in [4.69, 9.17) is 51.3 Å². The highest BCUT2D eigenvalue weighted by Crippen LogP contribution is 2.26. The molecule has 3 rings (SSSR count). The van der Waals surface area contributed by atoms with E-state index in [9.17, 15) is 32.3 Å². The summed E-state index contributed by atoms with van der Waals surface area (Å²) in [6.07, 6.45) is -8.54. The van der Waals surface area contributed by atoms with E-state index in [2.05, 4.69) is 21.0 Å². The Morgan fingerprint density at radius 2 is 0.855 bits per heavy atom. The third-order valence-electron chi connectivity index (χ3n) is 8.02. The van der Waals surface area contributed by atoms with Gasteiger partial charge in [-0.3, -0.25) is 0 Å². The van der Waals surface area contributed by atoms with Gasteiger partial charge >= 0.3 is 36.5 Å². The van der Waals surface area contributed by atoms with Crippen LogP contribution >= 0.6 is 0 Å². The molecule has 0 unspecified atom stereocenters. The number of hydrogen-bond acceptors (Lipinski definition) is 17. The lowest BCUT2D eigenvalue weighted by molar-refractivity contribution is -0.192. The number of carboxylic acids is 1. The van der Waals surface area contributed by atoms with Crippen molar-refractivity contribution < 1.29 is 61.2 Å². The van der Waals surface area contributed by atoms with Gasteiger partial charge in [-0.25, -0.2) is 38.9 Å². The topological polar surface area (TPSA) is 325 Å². The number of halogens is 3. The number of rotatable bonds is 4. The molecule has 0 radical (unpaired) electrons. The Labute approximate surface area is 402 Å². The Kier molecular flexibility index (Phi) is 24.0. The summed E-state index contributed by atoms with van der Waals surface area (Å²) in [6, 6.07) is 7.01. The molecule has 0 fully saturated rings. The summed E-state index contributed by atoms with van der Waals surface area (Å²) in [5.74, 6) is -1.99. The maximum Gasteiger partial charge on any atom is 0.490 e. The fourth-order valence-electron chi connectivity index (χ4n) is 5.31. The lowest BCUT2D eigenvalue weighted by Crippen LogP contribution is -2.44. The van der Waals surface area contributed by atoms with Crippen LogP contribution < -0.4 is 33.2 Å². The highest BCUT2D eigenvalue weighted by molar-refractivity contribution is 6.09. The van der Waals surface area contributed by atoms with Crippen molar-refractivity contribution in [3.63, 3.8) is 0 Å².